The predicted molar refractivity (Wildman–Crippen MR) is 41.4 cm³/mol. The fraction of sp³-hybridized carbons (Fsp3) is 0.167. The van der Waals surface area contributed by atoms with Gasteiger partial charge in [0.05, 0.1) is 6.42 Å². The molecule has 2 nitrogen and oxygen atoms in total. The summed E-state index contributed by atoms with van der Waals surface area (Å²) in [5.74, 6) is -0.766. The second kappa shape index (κ2) is 4.91. The fourth-order valence-corrected chi connectivity index (χ4v) is 1.26. The second-order valence-electron chi connectivity index (χ2n) is 1.65. The van der Waals surface area contributed by atoms with Crippen LogP contribution in [0.5, 0.6) is 0 Å². The van der Waals surface area contributed by atoms with Gasteiger partial charge in [-0.15, -0.1) is 11.3 Å². The average molecular weight is 165 g/mol. The van der Waals surface area contributed by atoms with E-state index in [2.05, 4.69) is 0 Å². The molecule has 0 fully saturated rings. The van der Waals surface area contributed by atoms with Gasteiger partial charge in [-0.1, -0.05) is 6.07 Å². The van der Waals surface area contributed by atoms with Crippen molar-refractivity contribution in [1.82, 2.24) is 0 Å². The quantitative estimate of drug-likeness (QED) is 0.663. The van der Waals surface area contributed by atoms with Crippen LogP contribution in [-0.4, -0.2) is 40.6 Å². The van der Waals surface area contributed by atoms with Crippen LogP contribution in [0.1, 0.15) is 4.88 Å². The number of hydrogen-bond acceptors (Lipinski definition) is 2. The molecule has 0 aliphatic carbocycles. The van der Waals surface area contributed by atoms with Gasteiger partial charge in [-0.3, -0.25) is 4.79 Å². The van der Waals surface area contributed by atoms with E-state index in [1.54, 1.807) is 0 Å². The first kappa shape index (κ1) is 10.2. The van der Waals surface area contributed by atoms with Crippen LogP contribution in [0.15, 0.2) is 17.5 Å². The van der Waals surface area contributed by atoms with E-state index in [9.17, 15) is 4.79 Å². The zero-order valence-electron chi connectivity index (χ0n) is 5.70. The number of thiophene rings is 1. The average Bonchev–Trinajstić information content (AvgIpc) is 2.15. The molecule has 0 atom stereocenters. The van der Waals surface area contributed by atoms with E-state index in [4.69, 9.17) is 5.11 Å². The Morgan fingerprint density at radius 2 is 2.40 bits per heavy atom. The standard InChI is InChI=1S/C6H6O2S.Na/c7-6(8)4-5-2-1-3-9-5;/h1-3H,4H2,(H,7,8);. The number of aliphatic carboxylic acids is 1. The number of carboxylic acids is 1. The molecule has 1 aromatic rings. The van der Waals surface area contributed by atoms with Gasteiger partial charge in [0.2, 0.25) is 0 Å². The summed E-state index contributed by atoms with van der Waals surface area (Å²) in [6, 6.07) is 3.67. The molecule has 10 heavy (non-hydrogen) atoms. The molecule has 0 spiro atoms. The minimum atomic E-state index is -0.766. The van der Waals surface area contributed by atoms with Gasteiger partial charge in [-0.25, -0.2) is 0 Å². The van der Waals surface area contributed by atoms with Crippen LogP contribution in [0, 0.1) is 0 Å². The molecule has 0 saturated carbocycles. The normalized spacial score (nSPS) is 8.40. The second-order valence-corrected chi connectivity index (χ2v) is 2.68. The van der Waals surface area contributed by atoms with Crippen LogP contribution < -0.4 is 0 Å². The predicted octanol–water partition coefficient (Wildman–Crippen LogP) is 0.994. The Hall–Kier alpha value is 0.170. The summed E-state index contributed by atoms with van der Waals surface area (Å²) in [5, 5.41) is 10.2. The monoisotopic (exact) mass is 165 g/mol. The molecular formula is C6H6NaO2S. The fourth-order valence-electron chi connectivity index (χ4n) is 0.562. The summed E-state index contributed by atoms with van der Waals surface area (Å²) in [7, 11) is 0. The summed E-state index contributed by atoms with van der Waals surface area (Å²) in [4.78, 5) is 11.0. The van der Waals surface area contributed by atoms with Gasteiger partial charge in [0.1, 0.15) is 0 Å². The Morgan fingerprint density at radius 1 is 1.70 bits per heavy atom. The van der Waals surface area contributed by atoms with Crippen molar-refractivity contribution in [3.05, 3.63) is 22.4 Å². The molecule has 0 unspecified atom stereocenters. The smallest absolute Gasteiger partial charge is 0.308 e. The van der Waals surface area contributed by atoms with Gasteiger partial charge in [0.15, 0.2) is 0 Å². The molecule has 4 heteroatoms. The van der Waals surface area contributed by atoms with Gasteiger partial charge in [-0.05, 0) is 11.4 Å². The Bertz CT molecular complexity index is 196. The van der Waals surface area contributed by atoms with Gasteiger partial charge < -0.3 is 5.11 Å². The van der Waals surface area contributed by atoms with Crippen LogP contribution >= 0.6 is 11.3 Å². The molecule has 1 heterocycles. The largest absolute Gasteiger partial charge is 0.481 e. The summed E-state index contributed by atoms with van der Waals surface area (Å²) in [6.45, 7) is 0. The van der Waals surface area contributed by atoms with Crippen molar-refractivity contribution in [3.63, 3.8) is 0 Å². The molecule has 0 aromatic carbocycles. The Balaban J connectivity index is 0.000000810. The third-order valence-corrected chi connectivity index (χ3v) is 1.78. The zero-order valence-corrected chi connectivity index (χ0v) is 8.52. The van der Waals surface area contributed by atoms with Crippen LogP contribution in [0.25, 0.3) is 0 Å². The van der Waals surface area contributed by atoms with Crippen molar-refractivity contribution in [2.45, 2.75) is 6.42 Å². The first-order valence-electron chi connectivity index (χ1n) is 2.53. The third-order valence-electron chi connectivity index (χ3n) is 0.906. The molecule has 1 aromatic heterocycles. The van der Waals surface area contributed by atoms with Crippen LogP contribution in [0.4, 0.5) is 0 Å². The van der Waals surface area contributed by atoms with E-state index in [0.717, 1.165) is 4.88 Å². The van der Waals surface area contributed by atoms with E-state index in [1.807, 2.05) is 17.5 Å². The number of rotatable bonds is 2. The van der Waals surface area contributed by atoms with E-state index < -0.39 is 5.97 Å². The Morgan fingerprint density at radius 3 is 2.80 bits per heavy atom. The summed E-state index contributed by atoms with van der Waals surface area (Å²) >= 11 is 1.47. The summed E-state index contributed by atoms with van der Waals surface area (Å²) in [5.41, 5.74) is 0. The first-order chi connectivity index (χ1) is 4.29. The maximum absolute atomic E-state index is 10.1. The van der Waals surface area contributed by atoms with Gasteiger partial charge in [0, 0.05) is 34.4 Å². The molecular weight excluding hydrogens is 159 g/mol. The summed E-state index contributed by atoms with van der Waals surface area (Å²) < 4.78 is 0. The minimum Gasteiger partial charge on any atom is -0.481 e. The van der Waals surface area contributed by atoms with Gasteiger partial charge in [-0.2, -0.15) is 0 Å². The van der Waals surface area contributed by atoms with Crippen LogP contribution in [-0.2, 0) is 11.2 Å². The van der Waals surface area contributed by atoms with Gasteiger partial charge >= 0.3 is 5.97 Å². The molecule has 1 radical (unpaired) electrons. The molecule has 0 bridgehead atoms. The molecule has 1 rings (SSSR count). The Kier molecular flexibility index (Phi) is 4.99. The van der Waals surface area contributed by atoms with Crippen molar-refractivity contribution >= 4 is 46.9 Å². The van der Waals surface area contributed by atoms with Crippen molar-refractivity contribution < 1.29 is 9.90 Å². The van der Waals surface area contributed by atoms with E-state index >= 15 is 0 Å². The third kappa shape index (κ3) is 3.37. The van der Waals surface area contributed by atoms with Gasteiger partial charge in [0.25, 0.3) is 0 Å². The van der Waals surface area contributed by atoms with Crippen molar-refractivity contribution in [3.8, 4) is 0 Å². The van der Waals surface area contributed by atoms with E-state index in [1.165, 1.54) is 11.3 Å². The maximum Gasteiger partial charge on any atom is 0.308 e. The molecule has 49 valence electrons. The van der Waals surface area contributed by atoms with Crippen LogP contribution in [0.2, 0.25) is 0 Å². The zero-order chi connectivity index (χ0) is 6.69. The van der Waals surface area contributed by atoms with Crippen LogP contribution in [0.3, 0.4) is 0 Å². The number of carbonyl (C=O) groups is 1. The molecule has 0 saturated heterocycles. The molecule has 0 aliphatic rings. The topological polar surface area (TPSA) is 37.3 Å². The van der Waals surface area contributed by atoms with Crippen molar-refractivity contribution in [2.75, 3.05) is 0 Å². The molecule has 0 aliphatic heterocycles. The van der Waals surface area contributed by atoms with E-state index in [-0.39, 0.29) is 36.0 Å². The maximum atomic E-state index is 10.1. The summed E-state index contributed by atoms with van der Waals surface area (Å²) in [6.07, 6.45) is 0.150. The SMILES string of the molecule is O=C(O)Cc1cccs1.[Na]. The number of carboxylic acid groups (broad SMARTS) is 1. The Labute approximate surface area is 85.2 Å². The number of hydrogen-bond donors (Lipinski definition) is 1. The van der Waals surface area contributed by atoms with Crippen molar-refractivity contribution in [1.29, 1.82) is 0 Å². The van der Waals surface area contributed by atoms with Crippen molar-refractivity contribution in [2.24, 2.45) is 0 Å². The minimum absolute atomic E-state index is 0. The molecule has 0 amide bonds. The first-order valence-corrected chi connectivity index (χ1v) is 3.41. The molecule has 1 N–H and O–H groups in total. The van der Waals surface area contributed by atoms with E-state index in [0.29, 0.717) is 0 Å².